The van der Waals surface area contributed by atoms with E-state index in [0.717, 1.165) is 18.4 Å². The molecule has 0 heterocycles. The van der Waals surface area contributed by atoms with Crippen LogP contribution in [0.2, 0.25) is 0 Å². The summed E-state index contributed by atoms with van der Waals surface area (Å²) in [7, 11) is 2.18. The number of anilines is 1. The summed E-state index contributed by atoms with van der Waals surface area (Å²) in [6.45, 7) is 0.496. The van der Waals surface area contributed by atoms with E-state index >= 15 is 0 Å². The Hall–Kier alpha value is -2.02. The van der Waals surface area contributed by atoms with E-state index in [2.05, 4.69) is 47.6 Å². The maximum Gasteiger partial charge on any atom is 0.240 e. The van der Waals surface area contributed by atoms with E-state index in [1.165, 1.54) is 37.8 Å². The molecule has 4 heteroatoms. The minimum atomic E-state index is -0.791. The van der Waals surface area contributed by atoms with Crippen molar-refractivity contribution in [1.82, 2.24) is 5.32 Å². The van der Waals surface area contributed by atoms with Gasteiger partial charge in [-0.2, -0.15) is 5.26 Å². The lowest BCUT2D eigenvalue weighted by atomic mass is 9.87. The Kier molecular flexibility index (Phi) is 5.63. The van der Waals surface area contributed by atoms with Gasteiger partial charge >= 0.3 is 0 Å². The molecule has 25 heavy (non-hydrogen) atoms. The van der Waals surface area contributed by atoms with E-state index in [0.29, 0.717) is 25.4 Å². The van der Waals surface area contributed by atoms with Gasteiger partial charge in [0.15, 0.2) is 0 Å². The number of nitrogens with one attached hydrogen (secondary N) is 1. The molecule has 0 aliphatic heterocycles. The number of nitrogens with zero attached hydrogens (tertiary/aromatic N) is 2. The number of benzene rings is 1. The maximum absolute atomic E-state index is 12.4. The molecule has 0 unspecified atom stereocenters. The van der Waals surface area contributed by atoms with Crippen LogP contribution in [-0.2, 0) is 11.3 Å². The minimum absolute atomic E-state index is 0.101. The molecule has 4 nitrogen and oxygen atoms in total. The number of nitriles is 1. The average Bonchev–Trinajstić information content (AvgIpc) is 3.17. The van der Waals surface area contributed by atoms with Crippen molar-refractivity contribution in [2.24, 2.45) is 5.41 Å². The van der Waals surface area contributed by atoms with Crippen LogP contribution in [0.25, 0.3) is 0 Å². The van der Waals surface area contributed by atoms with Gasteiger partial charge in [0.05, 0.1) is 6.07 Å². The Labute approximate surface area is 151 Å². The number of hydrogen-bond acceptors (Lipinski definition) is 3. The lowest BCUT2D eigenvalue weighted by molar-refractivity contribution is -0.128. The Bertz CT molecular complexity index is 620. The third-order valence-corrected chi connectivity index (χ3v) is 6.02. The second-order valence-corrected chi connectivity index (χ2v) is 7.65. The fourth-order valence-electron chi connectivity index (χ4n) is 4.25. The number of rotatable bonds is 5. The van der Waals surface area contributed by atoms with Crippen LogP contribution in [0.1, 0.15) is 63.4 Å². The third kappa shape index (κ3) is 3.98. The highest BCUT2D eigenvalue weighted by Gasteiger charge is 2.41. The Morgan fingerprint density at radius 1 is 1.16 bits per heavy atom. The highest BCUT2D eigenvalue weighted by atomic mass is 16.2. The fraction of sp³-hybridized carbons (Fsp3) is 0.619. The molecule has 1 amide bonds. The summed E-state index contributed by atoms with van der Waals surface area (Å²) in [6.07, 6.45) is 9.94. The SMILES string of the molecule is CN(c1ccc(CNC(=O)C2(C#N)CCCC2)cc1)C1CCCCC1. The van der Waals surface area contributed by atoms with E-state index in [-0.39, 0.29) is 5.91 Å². The number of carbonyl (C=O) groups excluding carboxylic acids is 1. The zero-order valence-electron chi connectivity index (χ0n) is 15.3. The van der Waals surface area contributed by atoms with Crippen molar-refractivity contribution in [2.45, 2.75) is 70.4 Å². The number of carbonyl (C=O) groups is 1. The molecule has 2 aliphatic rings. The van der Waals surface area contributed by atoms with Crippen molar-refractivity contribution in [3.63, 3.8) is 0 Å². The summed E-state index contributed by atoms with van der Waals surface area (Å²) in [6, 6.07) is 11.4. The predicted molar refractivity (Wildman–Crippen MR) is 100 cm³/mol. The van der Waals surface area contributed by atoms with E-state index in [9.17, 15) is 10.1 Å². The first kappa shape index (κ1) is 17.8. The van der Waals surface area contributed by atoms with Crippen LogP contribution in [-0.4, -0.2) is 19.0 Å². The van der Waals surface area contributed by atoms with Crippen molar-refractivity contribution >= 4 is 11.6 Å². The quantitative estimate of drug-likeness (QED) is 0.876. The summed E-state index contributed by atoms with van der Waals surface area (Å²) in [5.74, 6) is -0.101. The summed E-state index contributed by atoms with van der Waals surface area (Å²) in [5, 5.41) is 12.4. The molecule has 0 spiro atoms. The topological polar surface area (TPSA) is 56.1 Å². The van der Waals surface area contributed by atoms with Crippen LogP contribution in [0.5, 0.6) is 0 Å². The van der Waals surface area contributed by atoms with Gasteiger partial charge in [0.2, 0.25) is 5.91 Å². The molecule has 1 aromatic rings. The highest BCUT2D eigenvalue weighted by Crippen LogP contribution is 2.37. The van der Waals surface area contributed by atoms with Crippen molar-refractivity contribution in [1.29, 1.82) is 5.26 Å². The highest BCUT2D eigenvalue weighted by molar-refractivity contribution is 5.85. The standard InChI is InChI=1S/C21H29N3O/c1-24(18-7-3-2-4-8-18)19-11-9-17(10-12-19)15-23-20(25)21(16-22)13-5-6-14-21/h9-12,18H,2-8,13-15H2,1H3,(H,23,25). The molecule has 1 aromatic carbocycles. The Morgan fingerprint density at radius 2 is 1.80 bits per heavy atom. The Balaban J connectivity index is 1.55. The van der Waals surface area contributed by atoms with Gasteiger partial charge in [-0.15, -0.1) is 0 Å². The molecule has 0 saturated heterocycles. The van der Waals surface area contributed by atoms with Crippen molar-refractivity contribution in [3.8, 4) is 6.07 Å². The van der Waals surface area contributed by atoms with Gasteiger partial charge in [0.1, 0.15) is 5.41 Å². The smallest absolute Gasteiger partial charge is 0.240 e. The van der Waals surface area contributed by atoms with E-state index < -0.39 is 5.41 Å². The van der Waals surface area contributed by atoms with Gasteiger partial charge in [-0.25, -0.2) is 0 Å². The molecule has 2 fully saturated rings. The second kappa shape index (κ2) is 7.91. The first-order chi connectivity index (χ1) is 12.1. The van der Waals surface area contributed by atoms with Crippen LogP contribution in [0.15, 0.2) is 24.3 Å². The molecular weight excluding hydrogens is 310 g/mol. The van der Waals surface area contributed by atoms with Gasteiger partial charge in [-0.1, -0.05) is 44.2 Å². The van der Waals surface area contributed by atoms with Gasteiger partial charge in [-0.3, -0.25) is 4.79 Å². The summed E-state index contributed by atoms with van der Waals surface area (Å²) in [5.41, 5.74) is 1.53. The summed E-state index contributed by atoms with van der Waals surface area (Å²) >= 11 is 0. The third-order valence-electron chi connectivity index (χ3n) is 6.02. The molecule has 0 radical (unpaired) electrons. The van der Waals surface area contributed by atoms with Gasteiger partial charge in [0, 0.05) is 25.3 Å². The normalized spacial score (nSPS) is 20.0. The summed E-state index contributed by atoms with van der Waals surface area (Å²) < 4.78 is 0. The van der Waals surface area contributed by atoms with Crippen molar-refractivity contribution < 1.29 is 4.79 Å². The predicted octanol–water partition coefficient (Wildman–Crippen LogP) is 4.16. The average molecular weight is 339 g/mol. The molecule has 134 valence electrons. The molecule has 1 N–H and O–H groups in total. The van der Waals surface area contributed by atoms with Crippen LogP contribution in [0, 0.1) is 16.7 Å². The second-order valence-electron chi connectivity index (χ2n) is 7.65. The van der Waals surface area contributed by atoms with Gasteiger partial charge in [0.25, 0.3) is 0 Å². The first-order valence-electron chi connectivity index (χ1n) is 9.66. The molecule has 0 bridgehead atoms. The lowest BCUT2D eigenvalue weighted by Crippen LogP contribution is -2.37. The van der Waals surface area contributed by atoms with Crippen LogP contribution in [0.4, 0.5) is 5.69 Å². The molecule has 2 saturated carbocycles. The fourth-order valence-corrected chi connectivity index (χ4v) is 4.25. The lowest BCUT2D eigenvalue weighted by Gasteiger charge is -2.33. The minimum Gasteiger partial charge on any atom is -0.372 e. The van der Waals surface area contributed by atoms with E-state index in [4.69, 9.17) is 0 Å². The maximum atomic E-state index is 12.4. The summed E-state index contributed by atoms with van der Waals surface area (Å²) in [4.78, 5) is 14.8. The van der Waals surface area contributed by atoms with Gasteiger partial charge < -0.3 is 10.2 Å². The van der Waals surface area contributed by atoms with Crippen LogP contribution in [0.3, 0.4) is 0 Å². The molecule has 3 rings (SSSR count). The Morgan fingerprint density at radius 3 is 2.40 bits per heavy atom. The van der Waals surface area contributed by atoms with Gasteiger partial charge in [-0.05, 0) is 43.4 Å². The van der Waals surface area contributed by atoms with Crippen LogP contribution < -0.4 is 10.2 Å². The molecular formula is C21H29N3O. The number of hydrogen-bond donors (Lipinski definition) is 1. The van der Waals surface area contributed by atoms with Crippen molar-refractivity contribution in [2.75, 3.05) is 11.9 Å². The molecule has 0 aromatic heterocycles. The zero-order chi connectivity index (χ0) is 17.7. The van der Waals surface area contributed by atoms with Crippen molar-refractivity contribution in [3.05, 3.63) is 29.8 Å². The first-order valence-corrected chi connectivity index (χ1v) is 9.66. The zero-order valence-corrected chi connectivity index (χ0v) is 15.3. The molecule has 2 aliphatic carbocycles. The van der Waals surface area contributed by atoms with Crippen LogP contribution >= 0.6 is 0 Å². The largest absolute Gasteiger partial charge is 0.372 e. The monoisotopic (exact) mass is 339 g/mol. The van der Waals surface area contributed by atoms with E-state index in [1.807, 2.05) is 0 Å². The molecule has 0 atom stereocenters. The van der Waals surface area contributed by atoms with E-state index in [1.54, 1.807) is 0 Å². The number of amides is 1.